The first-order valence-electron chi connectivity index (χ1n) is 5.33. The number of aromatic nitrogens is 2. The molecule has 2 rings (SSSR count). The number of ether oxygens (including phenoxy) is 1. The molecule has 0 unspecified atom stereocenters. The summed E-state index contributed by atoms with van der Waals surface area (Å²) in [6.07, 6.45) is -3.12. The fourth-order valence-corrected chi connectivity index (χ4v) is 1.95. The molecule has 0 fully saturated rings. The highest BCUT2D eigenvalue weighted by Gasteiger charge is 2.33. The minimum Gasteiger partial charge on any atom is -0.497 e. The lowest BCUT2D eigenvalue weighted by atomic mass is 10.2. The average Bonchev–Trinajstić information content (AvgIpc) is 2.80. The minimum atomic E-state index is -4.42. The van der Waals surface area contributed by atoms with Crippen LogP contribution in [0.2, 0.25) is 0 Å². The number of nitrogens with zero attached hydrogens (tertiary/aromatic N) is 2. The molecule has 0 radical (unpaired) electrons. The zero-order valence-corrected chi connectivity index (χ0v) is 11.5. The molecule has 1 aromatic heterocycles. The minimum absolute atomic E-state index is 0.230. The van der Waals surface area contributed by atoms with E-state index in [0.29, 0.717) is 5.75 Å². The lowest BCUT2D eigenvalue weighted by Gasteiger charge is -2.08. The van der Waals surface area contributed by atoms with E-state index in [9.17, 15) is 13.2 Å². The van der Waals surface area contributed by atoms with Crippen molar-refractivity contribution in [3.05, 3.63) is 46.2 Å². The number of alkyl halides is 3. The second-order valence-electron chi connectivity index (χ2n) is 3.85. The summed E-state index contributed by atoms with van der Waals surface area (Å²) in [4.78, 5) is 0. The van der Waals surface area contributed by atoms with Crippen molar-refractivity contribution in [1.29, 1.82) is 0 Å². The van der Waals surface area contributed by atoms with Crippen LogP contribution in [-0.2, 0) is 12.7 Å². The van der Waals surface area contributed by atoms with E-state index in [1.807, 2.05) is 0 Å². The van der Waals surface area contributed by atoms with Crippen molar-refractivity contribution >= 4 is 15.9 Å². The highest BCUT2D eigenvalue weighted by atomic mass is 79.9. The van der Waals surface area contributed by atoms with Gasteiger partial charge in [0.25, 0.3) is 0 Å². The fourth-order valence-electron chi connectivity index (χ4n) is 1.57. The van der Waals surface area contributed by atoms with Crippen LogP contribution in [0, 0.1) is 0 Å². The Balaban J connectivity index is 2.24. The lowest BCUT2D eigenvalue weighted by Crippen LogP contribution is -2.08. The molecule has 0 bridgehead atoms. The molecule has 19 heavy (non-hydrogen) atoms. The monoisotopic (exact) mass is 334 g/mol. The summed E-state index contributed by atoms with van der Waals surface area (Å²) in [7, 11) is 1.53. The summed E-state index contributed by atoms with van der Waals surface area (Å²) in [5, 5.41) is 3.50. The van der Waals surface area contributed by atoms with E-state index < -0.39 is 11.9 Å². The van der Waals surface area contributed by atoms with E-state index >= 15 is 0 Å². The van der Waals surface area contributed by atoms with E-state index in [4.69, 9.17) is 4.74 Å². The second kappa shape index (κ2) is 5.24. The first-order valence-corrected chi connectivity index (χ1v) is 6.12. The van der Waals surface area contributed by atoms with E-state index in [0.717, 1.165) is 16.1 Å². The molecule has 2 aromatic rings. The fraction of sp³-hybridized carbons (Fsp3) is 0.250. The molecular formula is C12H10BrF3N2O. The highest BCUT2D eigenvalue weighted by Crippen LogP contribution is 2.28. The van der Waals surface area contributed by atoms with Crippen molar-refractivity contribution in [3.8, 4) is 5.75 Å². The van der Waals surface area contributed by atoms with Crippen molar-refractivity contribution < 1.29 is 17.9 Å². The summed E-state index contributed by atoms with van der Waals surface area (Å²) in [6.45, 7) is 0.230. The maximum absolute atomic E-state index is 12.4. The van der Waals surface area contributed by atoms with Crippen LogP contribution in [0.3, 0.4) is 0 Å². The summed E-state index contributed by atoms with van der Waals surface area (Å²) < 4.78 is 44.4. The Kier molecular flexibility index (Phi) is 3.84. The molecule has 0 atom stereocenters. The van der Waals surface area contributed by atoms with Crippen LogP contribution in [0.25, 0.3) is 0 Å². The van der Waals surface area contributed by atoms with Gasteiger partial charge in [-0.15, -0.1) is 0 Å². The molecule has 0 aliphatic carbocycles. The number of hydrogen-bond acceptors (Lipinski definition) is 2. The van der Waals surface area contributed by atoms with Gasteiger partial charge in [0.05, 0.1) is 13.7 Å². The summed E-state index contributed by atoms with van der Waals surface area (Å²) >= 11 is 3.34. The molecule has 1 heterocycles. The Morgan fingerprint density at radius 1 is 1.32 bits per heavy atom. The third-order valence-electron chi connectivity index (χ3n) is 2.52. The van der Waals surface area contributed by atoms with Crippen LogP contribution >= 0.6 is 15.9 Å². The van der Waals surface area contributed by atoms with Crippen LogP contribution in [0.4, 0.5) is 13.2 Å². The van der Waals surface area contributed by atoms with E-state index in [2.05, 4.69) is 21.0 Å². The third kappa shape index (κ3) is 3.28. The van der Waals surface area contributed by atoms with Gasteiger partial charge in [-0.25, -0.2) is 0 Å². The molecule has 102 valence electrons. The predicted molar refractivity (Wildman–Crippen MR) is 67.0 cm³/mol. The molecule has 0 N–H and O–H groups in total. The number of benzene rings is 1. The molecule has 7 heteroatoms. The van der Waals surface area contributed by atoms with Crippen LogP contribution < -0.4 is 4.74 Å². The van der Waals surface area contributed by atoms with Gasteiger partial charge in [0.15, 0.2) is 5.69 Å². The predicted octanol–water partition coefficient (Wildman–Crippen LogP) is 3.72. The number of hydrogen-bond donors (Lipinski definition) is 0. The molecule has 0 spiro atoms. The van der Waals surface area contributed by atoms with E-state index in [1.165, 1.54) is 18.0 Å². The molecule has 0 saturated heterocycles. The summed E-state index contributed by atoms with van der Waals surface area (Å²) in [5.74, 6) is 0.640. The van der Waals surface area contributed by atoms with Crippen LogP contribution in [0.5, 0.6) is 5.75 Å². The van der Waals surface area contributed by atoms with Gasteiger partial charge in [-0.1, -0.05) is 15.9 Å². The standard InChI is InChI=1S/C12H10BrF3N2O/c1-19-9-2-3-10(13)8(6-9)7-18-5-4-11(17-18)12(14,15)16/h2-6H,7H2,1H3. The zero-order valence-electron chi connectivity index (χ0n) is 9.91. The maximum atomic E-state index is 12.4. The van der Waals surface area contributed by atoms with Crippen molar-refractivity contribution in [1.82, 2.24) is 9.78 Å². The molecular weight excluding hydrogens is 325 g/mol. The van der Waals surface area contributed by atoms with Crippen molar-refractivity contribution in [2.45, 2.75) is 12.7 Å². The van der Waals surface area contributed by atoms with Gasteiger partial charge in [0.2, 0.25) is 0 Å². The average molecular weight is 335 g/mol. The van der Waals surface area contributed by atoms with Gasteiger partial charge in [-0.3, -0.25) is 4.68 Å². The van der Waals surface area contributed by atoms with Gasteiger partial charge < -0.3 is 4.74 Å². The number of methoxy groups -OCH3 is 1. The van der Waals surface area contributed by atoms with E-state index in [1.54, 1.807) is 18.2 Å². The van der Waals surface area contributed by atoms with Crippen molar-refractivity contribution in [2.75, 3.05) is 7.11 Å². The Hall–Kier alpha value is -1.50. The van der Waals surface area contributed by atoms with Gasteiger partial charge in [0, 0.05) is 10.7 Å². The SMILES string of the molecule is COc1ccc(Br)c(Cn2ccc(C(F)(F)F)n2)c1. The Labute approximate surface area is 116 Å². The molecule has 0 aliphatic rings. The largest absolute Gasteiger partial charge is 0.497 e. The Morgan fingerprint density at radius 3 is 2.63 bits per heavy atom. The highest BCUT2D eigenvalue weighted by molar-refractivity contribution is 9.10. The van der Waals surface area contributed by atoms with Crippen molar-refractivity contribution in [3.63, 3.8) is 0 Å². The molecule has 0 aliphatic heterocycles. The topological polar surface area (TPSA) is 27.1 Å². The first kappa shape index (κ1) is 13.9. The quantitative estimate of drug-likeness (QED) is 0.855. The molecule has 0 amide bonds. The third-order valence-corrected chi connectivity index (χ3v) is 3.29. The lowest BCUT2D eigenvalue weighted by molar-refractivity contribution is -0.141. The van der Waals surface area contributed by atoms with Gasteiger partial charge in [0.1, 0.15) is 5.75 Å². The molecule has 1 aromatic carbocycles. The second-order valence-corrected chi connectivity index (χ2v) is 4.71. The smallest absolute Gasteiger partial charge is 0.435 e. The number of rotatable bonds is 3. The van der Waals surface area contributed by atoms with Gasteiger partial charge >= 0.3 is 6.18 Å². The van der Waals surface area contributed by atoms with Crippen LogP contribution in [0.15, 0.2) is 34.9 Å². The maximum Gasteiger partial charge on any atom is 0.435 e. The first-order chi connectivity index (χ1) is 8.90. The van der Waals surface area contributed by atoms with Crippen LogP contribution in [-0.4, -0.2) is 16.9 Å². The molecule has 0 saturated carbocycles. The molecule has 3 nitrogen and oxygen atoms in total. The van der Waals surface area contributed by atoms with Gasteiger partial charge in [-0.05, 0) is 29.8 Å². The van der Waals surface area contributed by atoms with Crippen LogP contribution in [0.1, 0.15) is 11.3 Å². The Bertz CT molecular complexity index is 581. The van der Waals surface area contributed by atoms with E-state index in [-0.39, 0.29) is 6.54 Å². The normalized spacial score (nSPS) is 11.6. The summed E-state index contributed by atoms with van der Waals surface area (Å²) in [5.41, 5.74) is -0.109. The zero-order chi connectivity index (χ0) is 14.0. The summed E-state index contributed by atoms with van der Waals surface area (Å²) in [6, 6.07) is 6.24. The van der Waals surface area contributed by atoms with Crippen molar-refractivity contribution in [2.24, 2.45) is 0 Å². The van der Waals surface area contributed by atoms with Gasteiger partial charge in [-0.2, -0.15) is 18.3 Å². The number of halogens is 4. The Morgan fingerprint density at radius 2 is 2.05 bits per heavy atom.